The third kappa shape index (κ3) is 8.75. The molecule has 6 aromatic rings. The molecule has 11 heteroatoms. The molecule has 0 radical (unpaired) electrons. The number of carbonyl (C=O) groups is 3. The van der Waals surface area contributed by atoms with E-state index in [0.29, 0.717) is 16.4 Å². The van der Waals surface area contributed by atoms with Gasteiger partial charge in [-0.3, -0.25) is 14.4 Å². The Hall–Kier alpha value is -4.81. The summed E-state index contributed by atoms with van der Waals surface area (Å²) in [6.45, 7) is 0. The summed E-state index contributed by atoms with van der Waals surface area (Å²) in [6.07, 6.45) is 1.65. The molecule has 0 saturated carbocycles. The quantitative estimate of drug-likeness (QED) is 0.0905. The maximum atomic E-state index is 13.6. The summed E-state index contributed by atoms with van der Waals surface area (Å²) in [5, 5.41) is 12.4. The van der Waals surface area contributed by atoms with E-state index in [1.54, 1.807) is 42.5 Å². The average molecular weight is 752 g/mol. The van der Waals surface area contributed by atoms with E-state index in [4.69, 9.17) is 0 Å². The lowest BCUT2D eigenvalue weighted by Crippen LogP contribution is -2.30. The molecule has 0 aliphatic carbocycles. The average Bonchev–Trinajstić information content (AvgIpc) is 3.81. The summed E-state index contributed by atoms with van der Waals surface area (Å²) in [5.74, 6) is -1.04. The second-order valence-corrected chi connectivity index (χ2v) is 14.2. The van der Waals surface area contributed by atoms with Crippen molar-refractivity contribution in [1.82, 2.24) is 10.3 Å². The number of amides is 3. The van der Waals surface area contributed by atoms with E-state index in [2.05, 4.69) is 36.9 Å². The van der Waals surface area contributed by atoms with Gasteiger partial charge in [0.1, 0.15) is 10.9 Å². The summed E-state index contributed by atoms with van der Waals surface area (Å²) in [5.41, 5.74) is 3.71. The van der Waals surface area contributed by atoms with Crippen LogP contribution in [-0.2, 0) is 9.59 Å². The minimum Gasteiger partial charge on any atom is -0.321 e. The molecule has 4 aromatic carbocycles. The largest absolute Gasteiger partial charge is 0.321 e. The second-order valence-electron chi connectivity index (χ2n) is 10.3. The number of nitrogens with zero attached hydrogens (tertiary/aromatic N) is 1. The van der Waals surface area contributed by atoms with Gasteiger partial charge in [0.05, 0.1) is 5.69 Å². The number of thiophene rings is 1. The maximum absolute atomic E-state index is 13.6. The summed E-state index contributed by atoms with van der Waals surface area (Å²) < 4.78 is 0.983. The van der Waals surface area contributed by atoms with Gasteiger partial charge in [0.15, 0.2) is 5.13 Å². The highest BCUT2D eigenvalue weighted by Gasteiger charge is 2.23. The van der Waals surface area contributed by atoms with Crippen molar-refractivity contribution in [2.75, 3.05) is 10.6 Å². The topological polar surface area (TPSA) is 100 Å². The van der Waals surface area contributed by atoms with Gasteiger partial charge in [0.25, 0.3) is 11.8 Å². The zero-order chi connectivity index (χ0) is 33.3. The third-order valence-electron chi connectivity index (χ3n) is 6.94. The van der Waals surface area contributed by atoms with Crippen LogP contribution in [0.3, 0.4) is 0 Å². The first-order chi connectivity index (χ1) is 23.4. The Labute approximate surface area is 298 Å². The Morgan fingerprint density at radius 3 is 2.17 bits per heavy atom. The highest BCUT2D eigenvalue weighted by atomic mass is 79.9. The van der Waals surface area contributed by atoms with Crippen LogP contribution in [0.2, 0.25) is 0 Å². The smallest absolute Gasteiger partial charge is 0.272 e. The first kappa shape index (κ1) is 33.1. The number of halogens is 1. The fourth-order valence-corrected chi connectivity index (χ4v) is 7.23. The molecule has 0 spiro atoms. The molecule has 7 nitrogen and oxygen atoms in total. The second kappa shape index (κ2) is 15.9. The van der Waals surface area contributed by atoms with Crippen LogP contribution in [0.4, 0.5) is 10.8 Å². The zero-order valence-corrected chi connectivity index (χ0v) is 29.2. The first-order valence-corrected chi connectivity index (χ1v) is 18.1. The Bertz CT molecular complexity index is 2030. The van der Waals surface area contributed by atoms with Crippen LogP contribution < -0.4 is 16.0 Å². The van der Waals surface area contributed by atoms with E-state index < -0.39 is 11.2 Å². The molecule has 1 atom stereocenters. The summed E-state index contributed by atoms with van der Waals surface area (Å²) >= 11 is 7.68. The van der Waals surface area contributed by atoms with Gasteiger partial charge < -0.3 is 16.0 Å². The molecule has 0 aliphatic rings. The molecule has 3 amide bonds. The molecule has 238 valence electrons. The van der Waals surface area contributed by atoms with Gasteiger partial charge in [-0.1, -0.05) is 82.7 Å². The van der Waals surface area contributed by atoms with Gasteiger partial charge in [0, 0.05) is 36.4 Å². The molecule has 0 bridgehead atoms. The monoisotopic (exact) mass is 750 g/mol. The minimum atomic E-state index is -0.555. The fraction of sp³-hybridized carbons (Fsp3) is 0.0270. The zero-order valence-electron chi connectivity index (χ0n) is 25.1. The predicted octanol–water partition coefficient (Wildman–Crippen LogP) is 9.52. The number of aromatic nitrogens is 1. The lowest BCUT2D eigenvalue weighted by molar-refractivity contribution is -0.116. The van der Waals surface area contributed by atoms with Crippen LogP contribution in [0.1, 0.15) is 26.0 Å². The van der Waals surface area contributed by atoms with Crippen molar-refractivity contribution in [3.8, 4) is 11.3 Å². The minimum absolute atomic E-state index is 0.121. The van der Waals surface area contributed by atoms with Gasteiger partial charge in [-0.05, 0) is 71.6 Å². The Balaban J connectivity index is 1.15. The van der Waals surface area contributed by atoms with Crippen molar-refractivity contribution in [3.05, 3.63) is 158 Å². The molecule has 3 N–H and O–H groups in total. The van der Waals surface area contributed by atoms with E-state index >= 15 is 0 Å². The van der Waals surface area contributed by atoms with Crippen LogP contribution in [0.5, 0.6) is 0 Å². The number of hydrogen-bond acceptors (Lipinski definition) is 7. The third-order valence-corrected chi connectivity index (χ3v) is 10.3. The van der Waals surface area contributed by atoms with E-state index in [9.17, 15) is 14.4 Å². The van der Waals surface area contributed by atoms with Crippen molar-refractivity contribution < 1.29 is 14.4 Å². The van der Waals surface area contributed by atoms with Crippen LogP contribution in [0.25, 0.3) is 17.3 Å². The number of thioether (sulfide) groups is 1. The molecule has 0 aliphatic heterocycles. The van der Waals surface area contributed by atoms with Gasteiger partial charge >= 0.3 is 0 Å². The van der Waals surface area contributed by atoms with Crippen LogP contribution in [-0.4, -0.2) is 22.7 Å². The van der Waals surface area contributed by atoms with Crippen LogP contribution in [0, 0.1) is 0 Å². The lowest BCUT2D eigenvalue weighted by Gasteiger charge is -2.17. The van der Waals surface area contributed by atoms with Gasteiger partial charge in [0.2, 0.25) is 5.91 Å². The van der Waals surface area contributed by atoms with Gasteiger partial charge in [-0.15, -0.1) is 34.4 Å². The number of hydrogen-bond donors (Lipinski definition) is 3. The molecule has 6 rings (SSSR count). The van der Waals surface area contributed by atoms with Gasteiger partial charge in [-0.25, -0.2) is 4.98 Å². The van der Waals surface area contributed by atoms with E-state index in [-0.39, 0.29) is 17.5 Å². The SMILES string of the molecule is O=C(Nc1ccc(SC(C(=O)Nc2nc(-c3ccc(Br)cc3)cs2)c2ccccc2)cc1)/C(=C/c1cccs1)NC(=O)c1ccccc1. The molecule has 2 aromatic heterocycles. The number of anilines is 2. The van der Waals surface area contributed by atoms with Crippen LogP contribution >= 0.6 is 50.4 Å². The fourth-order valence-electron chi connectivity index (χ4n) is 4.57. The highest BCUT2D eigenvalue weighted by molar-refractivity contribution is 9.10. The number of carbonyl (C=O) groups excluding carboxylic acids is 3. The molecule has 0 fully saturated rings. The van der Waals surface area contributed by atoms with Crippen molar-refractivity contribution in [2.24, 2.45) is 0 Å². The Kier molecular flexibility index (Phi) is 10.9. The predicted molar refractivity (Wildman–Crippen MR) is 200 cm³/mol. The van der Waals surface area contributed by atoms with Crippen molar-refractivity contribution in [3.63, 3.8) is 0 Å². The maximum Gasteiger partial charge on any atom is 0.272 e. The molecular weight excluding hydrogens is 725 g/mol. The van der Waals surface area contributed by atoms with Crippen molar-refractivity contribution in [1.29, 1.82) is 0 Å². The van der Waals surface area contributed by atoms with E-state index in [0.717, 1.165) is 31.1 Å². The number of thiazole rings is 1. The number of benzene rings is 4. The summed E-state index contributed by atoms with van der Waals surface area (Å²) in [6, 6.07) is 37.1. The van der Waals surface area contributed by atoms with Crippen molar-refractivity contribution >= 4 is 85.0 Å². The van der Waals surface area contributed by atoms with E-state index in [1.165, 1.54) is 34.4 Å². The molecule has 48 heavy (non-hydrogen) atoms. The number of nitrogens with one attached hydrogen (secondary N) is 3. The van der Waals surface area contributed by atoms with E-state index in [1.807, 2.05) is 95.7 Å². The van der Waals surface area contributed by atoms with Crippen LogP contribution in [0.15, 0.2) is 147 Å². The normalized spacial score (nSPS) is 11.8. The molecular formula is C37H27BrN4O3S3. The Morgan fingerprint density at radius 2 is 1.48 bits per heavy atom. The molecule has 1 unspecified atom stereocenters. The standard InChI is InChI=1S/C37H27BrN4O3S3/c38-27-15-13-24(14-16-27)32-23-47-37(41-32)42-36(45)33(25-8-3-1-4-9-25)48-29-19-17-28(18-20-29)39-35(44)31(22-30-12-7-21-46-30)40-34(43)26-10-5-2-6-11-26/h1-23,33H,(H,39,44)(H,40,43)(H,41,42,45)/b31-22-. The van der Waals surface area contributed by atoms with Gasteiger partial charge in [-0.2, -0.15) is 0 Å². The first-order valence-electron chi connectivity index (χ1n) is 14.7. The summed E-state index contributed by atoms with van der Waals surface area (Å²) in [7, 11) is 0. The highest BCUT2D eigenvalue weighted by Crippen LogP contribution is 2.37. The number of rotatable bonds is 11. The van der Waals surface area contributed by atoms with Crippen molar-refractivity contribution in [2.45, 2.75) is 10.1 Å². The Morgan fingerprint density at radius 1 is 0.771 bits per heavy atom. The molecule has 2 heterocycles. The lowest BCUT2D eigenvalue weighted by atomic mass is 10.1. The molecule has 0 saturated heterocycles. The summed E-state index contributed by atoms with van der Waals surface area (Å²) in [4.78, 5) is 46.2.